The van der Waals surface area contributed by atoms with Crippen LogP contribution in [0.2, 0.25) is 0 Å². The Bertz CT molecular complexity index is 304. The molecular weight excluding hydrogens is 204 g/mol. The van der Waals surface area contributed by atoms with Crippen LogP contribution in [0.15, 0.2) is 24.3 Å². The van der Waals surface area contributed by atoms with Crippen LogP contribution in [0.4, 0.5) is 5.69 Å². The molecule has 1 heterocycles. The van der Waals surface area contributed by atoms with E-state index in [9.17, 15) is 0 Å². The van der Waals surface area contributed by atoms with E-state index in [1.165, 1.54) is 30.2 Å². The fraction of sp³-hybridized carbons (Fsp3) is 0.500. The molecule has 0 amide bonds. The van der Waals surface area contributed by atoms with E-state index < -0.39 is 0 Å². The summed E-state index contributed by atoms with van der Waals surface area (Å²) in [7, 11) is 0. The quantitative estimate of drug-likeness (QED) is 0.779. The molecule has 2 rings (SSSR count). The zero-order valence-electron chi connectivity index (χ0n) is 9.15. The predicted octanol–water partition coefficient (Wildman–Crippen LogP) is 2.38. The van der Waals surface area contributed by atoms with E-state index in [2.05, 4.69) is 35.7 Å². The lowest BCUT2D eigenvalue weighted by Crippen LogP contribution is -2.34. The van der Waals surface area contributed by atoms with Gasteiger partial charge in [0.1, 0.15) is 0 Å². The van der Waals surface area contributed by atoms with E-state index in [-0.39, 0.29) is 0 Å². The molecule has 0 aromatic heterocycles. The van der Waals surface area contributed by atoms with E-state index >= 15 is 0 Å². The first kappa shape index (κ1) is 10.8. The molecule has 0 radical (unpaired) electrons. The average Bonchev–Trinajstić information content (AvgIpc) is 2.30. The Morgan fingerprint density at radius 3 is 2.40 bits per heavy atom. The maximum Gasteiger partial charge on any atom is 0.0320 e. The molecule has 82 valence electrons. The lowest BCUT2D eigenvalue weighted by atomic mass is 10.1. The number of hydrogen-bond donors (Lipinski definition) is 1. The van der Waals surface area contributed by atoms with Crippen LogP contribution in [0.1, 0.15) is 18.5 Å². The molecule has 1 aromatic carbocycles. The van der Waals surface area contributed by atoms with Gasteiger partial charge in [0.25, 0.3) is 0 Å². The maximum absolute atomic E-state index is 5.69. The zero-order chi connectivity index (χ0) is 10.7. The van der Waals surface area contributed by atoms with Crippen molar-refractivity contribution in [2.45, 2.75) is 13.0 Å². The highest BCUT2D eigenvalue weighted by molar-refractivity contribution is 7.99. The Kier molecular flexibility index (Phi) is 3.54. The topological polar surface area (TPSA) is 29.3 Å². The first-order valence-electron chi connectivity index (χ1n) is 5.44. The van der Waals surface area contributed by atoms with Gasteiger partial charge in [-0.1, -0.05) is 12.1 Å². The van der Waals surface area contributed by atoms with E-state index in [1.807, 2.05) is 12.1 Å². The molecule has 1 aliphatic rings. The molecule has 1 aliphatic heterocycles. The number of rotatable bonds is 2. The summed E-state index contributed by atoms with van der Waals surface area (Å²) in [5, 5.41) is 0. The van der Waals surface area contributed by atoms with Crippen LogP contribution in [0.5, 0.6) is 0 Å². The van der Waals surface area contributed by atoms with Gasteiger partial charge < -0.3 is 5.73 Å². The average molecular weight is 222 g/mol. The van der Waals surface area contributed by atoms with Gasteiger partial charge in [-0.2, -0.15) is 11.8 Å². The summed E-state index contributed by atoms with van der Waals surface area (Å²) in [6.45, 7) is 4.69. The Labute approximate surface area is 95.8 Å². The van der Waals surface area contributed by atoms with E-state index in [4.69, 9.17) is 5.73 Å². The molecule has 1 saturated heterocycles. The van der Waals surface area contributed by atoms with Crippen LogP contribution >= 0.6 is 11.8 Å². The molecule has 2 nitrogen and oxygen atoms in total. The van der Waals surface area contributed by atoms with E-state index in [0.29, 0.717) is 6.04 Å². The molecule has 0 saturated carbocycles. The van der Waals surface area contributed by atoms with Crippen LogP contribution < -0.4 is 5.73 Å². The number of nitrogens with two attached hydrogens (primary N) is 1. The van der Waals surface area contributed by atoms with Gasteiger partial charge in [-0.25, -0.2) is 0 Å². The van der Waals surface area contributed by atoms with E-state index in [0.717, 1.165) is 5.69 Å². The first-order chi connectivity index (χ1) is 7.27. The number of nitrogen functional groups attached to an aromatic ring is 1. The highest BCUT2D eigenvalue weighted by Crippen LogP contribution is 2.24. The normalized spacial score (nSPS) is 20.1. The van der Waals surface area contributed by atoms with Gasteiger partial charge in [0.05, 0.1) is 0 Å². The van der Waals surface area contributed by atoms with Gasteiger partial charge in [-0.15, -0.1) is 0 Å². The van der Waals surface area contributed by atoms with Gasteiger partial charge >= 0.3 is 0 Å². The van der Waals surface area contributed by atoms with Crippen molar-refractivity contribution in [3.63, 3.8) is 0 Å². The summed E-state index contributed by atoms with van der Waals surface area (Å²) in [4.78, 5) is 2.54. The molecule has 0 bridgehead atoms. The molecule has 1 atom stereocenters. The molecule has 1 unspecified atom stereocenters. The SMILES string of the molecule is CC(c1ccc(N)cc1)N1CCSCC1. The van der Waals surface area contributed by atoms with Crippen LogP contribution in [-0.2, 0) is 0 Å². The molecular formula is C12H18N2S. The summed E-state index contributed by atoms with van der Waals surface area (Å²) in [5.74, 6) is 2.53. The number of thioether (sulfide) groups is 1. The van der Waals surface area contributed by atoms with Gasteiger partial charge in [-0.3, -0.25) is 4.90 Å². The third-order valence-corrected chi connectivity index (χ3v) is 3.95. The number of benzene rings is 1. The Balaban J connectivity index is 2.05. The Morgan fingerprint density at radius 2 is 1.80 bits per heavy atom. The second-order valence-corrected chi connectivity index (χ2v) is 5.22. The third kappa shape index (κ3) is 2.67. The van der Waals surface area contributed by atoms with Crippen LogP contribution in [-0.4, -0.2) is 29.5 Å². The smallest absolute Gasteiger partial charge is 0.0320 e. The summed E-state index contributed by atoms with van der Waals surface area (Å²) in [6, 6.07) is 8.78. The van der Waals surface area contributed by atoms with Gasteiger partial charge in [-0.05, 0) is 24.6 Å². The molecule has 1 fully saturated rings. The predicted molar refractivity (Wildman–Crippen MR) is 68.2 cm³/mol. The van der Waals surface area contributed by atoms with Crippen molar-refractivity contribution in [3.05, 3.63) is 29.8 Å². The Morgan fingerprint density at radius 1 is 1.20 bits per heavy atom. The highest BCUT2D eigenvalue weighted by atomic mass is 32.2. The lowest BCUT2D eigenvalue weighted by molar-refractivity contribution is 0.233. The fourth-order valence-corrected chi connectivity index (χ4v) is 2.88. The maximum atomic E-state index is 5.69. The molecule has 0 spiro atoms. The van der Waals surface area contributed by atoms with Crippen molar-refractivity contribution in [2.75, 3.05) is 30.3 Å². The first-order valence-corrected chi connectivity index (χ1v) is 6.60. The van der Waals surface area contributed by atoms with Crippen molar-refractivity contribution >= 4 is 17.4 Å². The van der Waals surface area contributed by atoms with Crippen LogP contribution in [0.3, 0.4) is 0 Å². The monoisotopic (exact) mass is 222 g/mol. The minimum absolute atomic E-state index is 0.520. The number of hydrogen-bond acceptors (Lipinski definition) is 3. The fourth-order valence-electron chi connectivity index (χ4n) is 1.95. The zero-order valence-corrected chi connectivity index (χ0v) is 9.96. The van der Waals surface area contributed by atoms with Gasteiger partial charge in [0.2, 0.25) is 0 Å². The summed E-state index contributed by atoms with van der Waals surface area (Å²) >= 11 is 2.05. The van der Waals surface area contributed by atoms with Crippen molar-refractivity contribution in [2.24, 2.45) is 0 Å². The lowest BCUT2D eigenvalue weighted by Gasteiger charge is -2.32. The second-order valence-electron chi connectivity index (χ2n) is 3.99. The van der Waals surface area contributed by atoms with Crippen molar-refractivity contribution < 1.29 is 0 Å². The number of nitrogens with zero attached hydrogens (tertiary/aromatic N) is 1. The standard InChI is InChI=1S/C12H18N2S/c1-10(14-6-8-15-9-7-14)11-2-4-12(13)5-3-11/h2-5,10H,6-9,13H2,1H3. The summed E-state index contributed by atoms with van der Waals surface area (Å²) < 4.78 is 0. The van der Waals surface area contributed by atoms with Crippen molar-refractivity contribution in [1.82, 2.24) is 4.90 Å². The summed E-state index contributed by atoms with van der Waals surface area (Å²) in [6.07, 6.45) is 0. The van der Waals surface area contributed by atoms with Crippen molar-refractivity contribution in [1.29, 1.82) is 0 Å². The van der Waals surface area contributed by atoms with E-state index in [1.54, 1.807) is 0 Å². The molecule has 3 heteroatoms. The number of anilines is 1. The van der Waals surface area contributed by atoms with Crippen molar-refractivity contribution in [3.8, 4) is 0 Å². The molecule has 1 aromatic rings. The molecule has 2 N–H and O–H groups in total. The largest absolute Gasteiger partial charge is 0.399 e. The molecule has 15 heavy (non-hydrogen) atoms. The van der Waals surface area contributed by atoms with Crippen LogP contribution in [0.25, 0.3) is 0 Å². The third-order valence-electron chi connectivity index (χ3n) is 3.01. The highest BCUT2D eigenvalue weighted by Gasteiger charge is 2.17. The summed E-state index contributed by atoms with van der Waals surface area (Å²) in [5.41, 5.74) is 7.91. The van der Waals surface area contributed by atoms with Gasteiger partial charge in [0, 0.05) is 36.3 Å². The minimum atomic E-state index is 0.520. The molecule has 0 aliphatic carbocycles. The van der Waals surface area contributed by atoms with Crippen LogP contribution in [0, 0.1) is 0 Å². The van der Waals surface area contributed by atoms with Gasteiger partial charge in [0.15, 0.2) is 0 Å². The minimum Gasteiger partial charge on any atom is -0.399 e. The second kappa shape index (κ2) is 4.90. The Hall–Kier alpha value is -0.670.